The number of hydrogen-bond donors (Lipinski definition) is 0. The van der Waals surface area contributed by atoms with E-state index in [0.29, 0.717) is 0 Å². The molecule has 0 saturated heterocycles. The van der Waals surface area contributed by atoms with E-state index < -0.39 is 35.7 Å². The van der Waals surface area contributed by atoms with Crippen molar-refractivity contribution in [1.82, 2.24) is 0 Å². The van der Waals surface area contributed by atoms with E-state index in [4.69, 9.17) is 0 Å². The van der Waals surface area contributed by atoms with E-state index in [1.54, 1.807) is 0 Å². The molecule has 0 saturated carbocycles. The number of ether oxygens (including phenoxy) is 1. The number of hydrogen-bond acceptors (Lipinski definition) is 2. The molecule has 0 fully saturated rings. The van der Waals surface area contributed by atoms with Crippen LogP contribution in [0.25, 0.3) is 0 Å². The predicted molar refractivity (Wildman–Crippen MR) is 51.0 cm³/mol. The Morgan fingerprint density at radius 2 is 1.38 bits per heavy atom. The van der Waals surface area contributed by atoms with Crippen LogP contribution >= 0.6 is 0 Å². The molecule has 0 N–H and O–H groups in total. The molecule has 0 spiro atoms. The second-order valence-electron chi connectivity index (χ2n) is 3.72. The summed E-state index contributed by atoms with van der Waals surface area (Å²) in [6.07, 6.45) is -12.7. The van der Waals surface area contributed by atoms with Gasteiger partial charge in [-0.3, -0.25) is 0 Å². The van der Waals surface area contributed by atoms with Gasteiger partial charge >= 0.3 is 30.1 Å². The summed E-state index contributed by atoms with van der Waals surface area (Å²) in [7, 11) is 0. The molecular formula is C10H9F9O2. The number of rotatable bonds is 5. The first kappa shape index (κ1) is 19.6. The van der Waals surface area contributed by atoms with Gasteiger partial charge in [-0.25, -0.2) is 4.79 Å². The molecular weight excluding hydrogens is 323 g/mol. The van der Waals surface area contributed by atoms with Crippen molar-refractivity contribution in [2.45, 2.75) is 44.4 Å². The molecule has 0 unspecified atom stereocenters. The third kappa shape index (κ3) is 3.43. The van der Waals surface area contributed by atoms with Gasteiger partial charge < -0.3 is 4.74 Å². The minimum absolute atomic E-state index is 0.285. The number of allylic oxidation sites excluding steroid dienone is 1. The highest BCUT2D eigenvalue weighted by Crippen LogP contribution is 2.53. The van der Waals surface area contributed by atoms with E-state index in [1.807, 2.05) is 0 Å². The van der Waals surface area contributed by atoms with Crippen LogP contribution in [0.3, 0.4) is 0 Å². The lowest BCUT2D eigenvalue weighted by molar-refractivity contribution is -0.434. The molecule has 0 amide bonds. The van der Waals surface area contributed by atoms with E-state index in [2.05, 4.69) is 4.74 Å². The summed E-state index contributed by atoms with van der Waals surface area (Å²) in [5, 5.41) is 0. The molecule has 0 rings (SSSR count). The first-order valence-corrected chi connectivity index (χ1v) is 5.24. The van der Waals surface area contributed by atoms with Crippen molar-refractivity contribution in [3.8, 4) is 0 Å². The summed E-state index contributed by atoms with van der Waals surface area (Å²) in [5.74, 6) is -16.2. The van der Waals surface area contributed by atoms with E-state index in [1.165, 1.54) is 6.92 Å². The van der Waals surface area contributed by atoms with Crippen LogP contribution in [-0.4, -0.2) is 30.1 Å². The van der Waals surface area contributed by atoms with Gasteiger partial charge in [0.2, 0.25) is 0 Å². The van der Waals surface area contributed by atoms with Crippen molar-refractivity contribution >= 4 is 5.97 Å². The molecule has 0 atom stereocenters. The molecule has 0 heterocycles. The summed E-state index contributed by atoms with van der Waals surface area (Å²) in [6, 6.07) is 0. The summed E-state index contributed by atoms with van der Waals surface area (Å²) in [5.41, 5.74) is -0.596. The smallest absolute Gasteiger partial charge is 0.393 e. The standard InChI is InChI=1S/C10H9F9O2/c1-3-5(4-2)6(20)21-10(18,19)8(13,14)7(11,12)9(15,16)17/h3H,4H2,1-2H3. The van der Waals surface area contributed by atoms with Crippen molar-refractivity contribution in [3.63, 3.8) is 0 Å². The summed E-state index contributed by atoms with van der Waals surface area (Å²) < 4.78 is 114. The molecule has 2 nitrogen and oxygen atoms in total. The summed E-state index contributed by atoms with van der Waals surface area (Å²) in [4.78, 5) is 11.0. The van der Waals surface area contributed by atoms with Gasteiger partial charge in [0, 0.05) is 5.57 Å². The fourth-order valence-electron chi connectivity index (χ4n) is 1.07. The zero-order valence-corrected chi connectivity index (χ0v) is 10.5. The SMILES string of the molecule is CC=C(CC)C(=O)OC(F)(F)C(F)(F)C(F)(F)C(F)(F)F. The second kappa shape index (κ2) is 5.76. The molecule has 0 aromatic heterocycles. The number of esters is 1. The van der Waals surface area contributed by atoms with Crippen LogP contribution in [-0.2, 0) is 9.53 Å². The van der Waals surface area contributed by atoms with Gasteiger partial charge in [-0.1, -0.05) is 13.0 Å². The predicted octanol–water partition coefficient (Wildman–Crippen LogP) is 4.31. The van der Waals surface area contributed by atoms with Crippen LogP contribution in [0.1, 0.15) is 20.3 Å². The molecule has 0 bridgehead atoms. The lowest BCUT2D eigenvalue weighted by Crippen LogP contribution is -2.62. The Bertz CT molecular complexity index is 423. The Morgan fingerprint density at radius 3 is 1.67 bits per heavy atom. The van der Waals surface area contributed by atoms with Gasteiger partial charge in [0.1, 0.15) is 0 Å². The van der Waals surface area contributed by atoms with E-state index in [9.17, 15) is 44.3 Å². The van der Waals surface area contributed by atoms with Crippen LogP contribution < -0.4 is 0 Å². The van der Waals surface area contributed by atoms with Gasteiger partial charge in [-0.2, -0.15) is 39.5 Å². The third-order valence-corrected chi connectivity index (χ3v) is 2.33. The van der Waals surface area contributed by atoms with Crippen LogP contribution in [0.4, 0.5) is 39.5 Å². The topological polar surface area (TPSA) is 26.3 Å². The molecule has 11 heteroatoms. The maximum Gasteiger partial charge on any atom is 0.473 e. The van der Waals surface area contributed by atoms with Gasteiger partial charge in [0.05, 0.1) is 0 Å². The lowest BCUT2D eigenvalue weighted by Gasteiger charge is -2.32. The maximum atomic E-state index is 12.9. The highest BCUT2D eigenvalue weighted by Gasteiger charge is 2.84. The van der Waals surface area contributed by atoms with Gasteiger partial charge in [0.15, 0.2) is 0 Å². The molecule has 0 aromatic carbocycles. The molecule has 0 aliphatic heterocycles. The number of halogens is 9. The van der Waals surface area contributed by atoms with Crippen LogP contribution in [0.15, 0.2) is 11.6 Å². The van der Waals surface area contributed by atoms with Crippen LogP contribution in [0, 0.1) is 0 Å². The molecule has 124 valence electrons. The average Bonchev–Trinajstić information content (AvgIpc) is 2.27. The first-order valence-electron chi connectivity index (χ1n) is 5.24. The van der Waals surface area contributed by atoms with Gasteiger partial charge in [-0.15, -0.1) is 0 Å². The Kier molecular flexibility index (Phi) is 5.37. The van der Waals surface area contributed by atoms with E-state index >= 15 is 0 Å². The normalized spacial score (nSPS) is 15.1. The Hall–Kier alpha value is -1.42. The minimum atomic E-state index is -7.09. The number of carbonyl (C=O) groups is 1. The van der Waals surface area contributed by atoms with E-state index in [0.717, 1.165) is 13.0 Å². The zero-order valence-electron chi connectivity index (χ0n) is 10.5. The monoisotopic (exact) mass is 332 g/mol. The molecule has 0 aliphatic rings. The van der Waals surface area contributed by atoms with Crippen molar-refractivity contribution in [3.05, 3.63) is 11.6 Å². The Labute approximate surface area is 112 Å². The van der Waals surface area contributed by atoms with Crippen molar-refractivity contribution in [1.29, 1.82) is 0 Å². The number of carbonyl (C=O) groups excluding carboxylic acids is 1. The van der Waals surface area contributed by atoms with E-state index in [-0.39, 0.29) is 6.42 Å². The number of alkyl halides is 9. The van der Waals surface area contributed by atoms with Gasteiger partial charge in [-0.05, 0) is 13.3 Å². The Morgan fingerprint density at radius 1 is 0.952 bits per heavy atom. The highest BCUT2D eigenvalue weighted by molar-refractivity contribution is 5.88. The summed E-state index contributed by atoms with van der Waals surface area (Å²) in [6.45, 7) is 2.35. The zero-order chi connectivity index (χ0) is 17.3. The average molecular weight is 332 g/mol. The molecule has 0 radical (unpaired) electrons. The van der Waals surface area contributed by atoms with Crippen molar-refractivity contribution in [2.24, 2.45) is 0 Å². The molecule has 0 aliphatic carbocycles. The first-order chi connectivity index (χ1) is 9.15. The largest absolute Gasteiger partial charge is 0.473 e. The third-order valence-electron chi connectivity index (χ3n) is 2.33. The fourth-order valence-corrected chi connectivity index (χ4v) is 1.07. The minimum Gasteiger partial charge on any atom is -0.393 e. The molecule has 21 heavy (non-hydrogen) atoms. The van der Waals surface area contributed by atoms with Gasteiger partial charge in [0.25, 0.3) is 0 Å². The Balaban J connectivity index is 5.55. The summed E-state index contributed by atoms with van der Waals surface area (Å²) >= 11 is 0. The van der Waals surface area contributed by atoms with Crippen molar-refractivity contribution in [2.75, 3.05) is 0 Å². The highest BCUT2D eigenvalue weighted by atomic mass is 19.4. The lowest BCUT2D eigenvalue weighted by atomic mass is 10.1. The van der Waals surface area contributed by atoms with Crippen LogP contribution in [0.2, 0.25) is 0 Å². The second-order valence-corrected chi connectivity index (χ2v) is 3.72. The molecule has 0 aromatic rings. The van der Waals surface area contributed by atoms with Crippen LogP contribution in [0.5, 0.6) is 0 Å². The maximum absolute atomic E-state index is 12.9. The van der Waals surface area contributed by atoms with Crippen molar-refractivity contribution < 1.29 is 49.0 Å². The fraction of sp³-hybridized carbons (Fsp3) is 0.700. The quantitative estimate of drug-likeness (QED) is 0.426.